The topological polar surface area (TPSA) is 58.4 Å². The molecule has 0 aromatic heterocycles. The summed E-state index contributed by atoms with van der Waals surface area (Å²) in [6.45, 7) is 7.46. The number of hydrogen-bond donors (Lipinski definition) is 2. The number of hydrogen-bond acceptors (Lipinski definition) is 3. The monoisotopic (exact) mass is 423 g/mol. The van der Waals surface area contributed by atoms with Gasteiger partial charge < -0.3 is 11.1 Å². The number of piperidine rings is 1. The predicted octanol–water partition coefficient (Wildman–Crippen LogP) is 3.93. The molecule has 3 N–H and O–H groups in total. The van der Waals surface area contributed by atoms with E-state index in [2.05, 4.69) is 54.4 Å². The molecular formula is C22H31Cl2N3O. The molecule has 6 heteroatoms. The number of halogens is 2. The lowest BCUT2D eigenvalue weighted by Crippen LogP contribution is -2.54. The van der Waals surface area contributed by atoms with Crippen molar-refractivity contribution < 1.29 is 4.79 Å². The fourth-order valence-corrected chi connectivity index (χ4v) is 3.99. The van der Waals surface area contributed by atoms with E-state index in [1.807, 2.05) is 24.3 Å². The van der Waals surface area contributed by atoms with Gasteiger partial charge >= 0.3 is 0 Å². The number of benzene rings is 2. The zero-order chi connectivity index (χ0) is 18.5. The fraction of sp³-hybridized carbons (Fsp3) is 0.409. The van der Waals surface area contributed by atoms with Crippen molar-refractivity contribution in [2.75, 3.05) is 18.8 Å². The van der Waals surface area contributed by atoms with E-state index in [0.717, 1.165) is 30.9 Å². The number of nitrogens with two attached hydrogens (primary N) is 1. The molecule has 0 bridgehead atoms. The van der Waals surface area contributed by atoms with Gasteiger partial charge in [0.2, 0.25) is 5.91 Å². The molecule has 1 amide bonds. The third-order valence-electron chi connectivity index (χ3n) is 5.24. The van der Waals surface area contributed by atoms with Crippen molar-refractivity contribution in [2.45, 2.75) is 32.9 Å². The molecule has 2 aromatic carbocycles. The molecule has 2 aromatic rings. The molecule has 1 saturated heterocycles. The molecule has 1 aliphatic heterocycles. The van der Waals surface area contributed by atoms with Gasteiger partial charge in [-0.15, -0.1) is 24.8 Å². The minimum Gasteiger partial charge on any atom is -0.399 e. The minimum atomic E-state index is 0. The van der Waals surface area contributed by atoms with Gasteiger partial charge in [-0.3, -0.25) is 9.69 Å². The number of nitrogens with one attached hydrogen (secondary N) is 1. The highest BCUT2D eigenvalue weighted by atomic mass is 35.5. The highest BCUT2D eigenvalue weighted by Gasteiger charge is 2.32. The summed E-state index contributed by atoms with van der Waals surface area (Å²) in [5.74, 6) is 0.950. The zero-order valence-electron chi connectivity index (χ0n) is 16.5. The van der Waals surface area contributed by atoms with E-state index in [1.54, 1.807) is 0 Å². The summed E-state index contributed by atoms with van der Waals surface area (Å²) in [6, 6.07) is 18.3. The van der Waals surface area contributed by atoms with Gasteiger partial charge in [-0.1, -0.05) is 56.3 Å². The molecule has 154 valence electrons. The van der Waals surface area contributed by atoms with Crippen LogP contribution in [0, 0.1) is 11.8 Å². The van der Waals surface area contributed by atoms with Crippen LogP contribution >= 0.6 is 24.8 Å². The first-order chi connectivity index (χ1) is 12.5. The van der Waals surface area contributed by atoms with Gasteiger partial charge in [-0.2, -0.15) is 0 Å². The maximum atomic E-state index is 12.5. The SMILES string of the molecule is CC1CN(Cc2ccccc2)CC(C)C1NC(=O)Cc1ccc(N)cc1.Cl.Cl. The summed E-state index contributed by atoms with van der Waals surface area (Å²) in [4.78, 5) is 15.0. The van der Waals surface area contributed by atoms with Gasteiger partial charge in [0.05, 0.1) is 6.42 Å². The summed E-state index contributed by atoms with van der Waals surface area (Å²) in [6.07, 6.45) is 0.407. The number of nitrogens with zero attached hydrogens (tertiary/aromatic N) is 1. The number of nitrogen functional groups attached to an aromatic ring is 1. The molecule has 0 spiro atoms. The number of likely N-dealkylation sites (tertiary alicyclic amines) is 1. The van der Waals surface area contributed by atoms with Crippen LogP contribution in [0.15, 0.2) is 54.6 Å². The molecule has 0 saturated carbocycles. The third-order valence-corrected chi connectivity index (χ3v) is 5.24. The normalized spacial score (nSPS) is 21.9. The largest absolute Gasteiger partial charge is 0.399 e. The molecule has 0 radical (unpaired) electrons. The Hall–Kier alpha value is -1.75. The number of rotatable bonds is 5. The van der Waals surface area contributed by atoms with Gasteiger partial charge in [-0.05, 0) is 35.1 Å². The van der Waals surface area contributed by atoms with Crippen molar-refractivity contribution in [1.82, 2.24) is 10.2 Å². The van der Waals surface area contributed by atoms with Crippen LogP contribution in [0.25, 0.3) is 0 Å². The Morgan fingerprint density at radius 2 is 1.54 bits per heavy atom. The lowest BCUT2D eigenvalue weighted by atomic mass is 9.85. The molecule has 1 fully saturated rings. The lowest BCUT2D eigenvalue weighted by molar-refractivity contribution is -0.122. The van der Waals surface area contributed by atoms with Gasteiger partial charge in [0, 0.05) is 31.4 Å². The van der Waals surface area contributed by atoms with E-state index in [9.17, 15) is 4.79 Å². The first-order valence-corrected chi connectivity index (χ1v) is 9.41. The third kappa shape index (κ3) is 6.69. The van der Waals surface area contributed by atoms with Crippen molar-refractivity contribution in [3.8, 4) is 0 Å². The van der Waals surface area contributed by atoms with Crippen molar-refractivity contribution in [3.05, 3.63) is 65.7 Å². The molecule has 28 heavy (non-hydrogen) atoms. The Morgan fingerprint density at radius 3 is 2.11 bits per heavy atom. The predicted molar refractivity (Wildman–Crippen MR) is 121 cm³/mol. The highest BCUT2D eigenvalue weighted by molar-refractivity contribution is 5.85. The number of anilines is 1. The van der Waals surface area contributed by atoms with E-state index >= 15 is 0 Å². The van der Waals surface area contributed by atoms with Crippen LogP contribution < -0.4 is 11.1 Å². The summed E-state index contributed by atoms with van der Waals surface area (Å²) in [7, 11) is 0. The Labute approximate surface area is 180 Å². The van der Waals surface area contributed by atoms with Crippen molar-refractivity contribution in [3.63, 3.8) is 0 Å². The standard InChI is InChI=1S/C22H29N3O.2ClH/c1-16-13-25(15-19-6-4-3-5-7-19)14-17(2)22(16)24-21(26)12-18-8-10-20(23)11-9-18;;/h3-11,16-17,22H,12-15,23H2,1-2H3,(H,24,26);2*1H. The number of amides is 1. The fourth-order valence-electron chi connectivity index (χ4n) is 3.99. The van der Waals surface area contributed by atoms with Crippen LogP contribution in [-0.4, -0.2) is 29.9 Å². The van der Waals surface area contributed by atoms with Crippen molar-refractivity contribution in [1.29, 1.82) is 0 Å². The highest BCUT2D eigenvalue weighted by Crippen LogP contribution is 2.23. The molecule has 4 nitrogen and oxygen atoms in total. The summed E-state index contributed by atoms with van der Waals surface area (Å²) in [5, 5.41) is 3.27. The van der Waals surface area contributed by atoms with Gasteiger partial charge in [-0.25, -0.2) is 0 Å². The average Bonchev–Trinajstić information content (AvgIpc) is 2.61. The second kappa shape index (κ2) is 11.3. The first kappa shape index (κ1) is 24.3. The van der Waals surface area contributed by atoms with Crippen LogP contribution in [-0.2, 0) is 17.8 Å². The Balaban J connectivity index is 0.00000196. The summed E-state index contributed by atoms with van der Waals surface area (Å²) < 4.78 is 0. The van der Waals surface area contributed by atoms with E-state index in [4.69, 9.17) is 5.73 Å². The van der Waals surface area contributed by atoms with E-state index in [1.165, 1.54) is 5.56 Å². The van der Waals surface area contributed by atoms with Gasteiger partial charge in [0.1, 0.15) is 0 Å². The number of carbonyl (C=O) groups is 1. The average molecular weight is 424 g/mol. The maximum Gasteiger partial charge on any atom is 0.224 e. The molecule has 2 atom stereocenters. The second-order valence-electron chi connectivity index (χ2n) is 7.65. The summed E-state index contributed by atoms with van der Waals surface area (Å²) in [5.41, 5.74) is 8.77. The molecule has 1 aliphatic rings. The van der Waals surface area contributed by atoms with E-state index in [-0.39, 0.29) is 36.8 Å². The van der Waals surface area contributed by atoms with Crippen molar-refractivity contribution >= 4 is 36.4 Å². The lowest BCUT2D eigenvalue weighted by Gasteiger charge is -2.41. The molecule has 0 aliphatic carbocycles. The number of carbonyl (C=O) groups excluding carboxylic acids is 1. The minimum absolute atomic E-state index is 0. The summed E-state index contributed by atoms with van der Waals surface area (Å²) >= 11 is 0. The van der Waals surface area contributed by atoms with Crippen LogP contribution in [0.3, 0.4) is 0 Å². The quantitative estimate of drug-likeness (QED) is 0.716. The smallest absolute Gasteiger partial charge is 0.224 e. The maximum absolute atomic E-state index is 12.5. The van der Waals surface area contributed by atoms with Gasteiger partial charge in [0.25, 0.3) is 0 Å². The molecule has 2 unspecified atom stereocenters. The van der Waals surface area contributed by atoms with Crippen LogP contribution in [0.5, 0.6) is 0 Å². The Bertz CT molecular complexity index is 712. The Morgan fingerprint density at radius 1 is 0.964 bits per heavy atom. The van der Waals surface area contributed by atoms with Crippen LogP contribution in [0.4, 0.5) is 5.69 Å². The van der Waals surface area contributed by atoms with Crippen molar-refractivity contribution in [2.24, 2.45) is 11.8 Å². The van der Waals surface area contributed by atoms with E-state index < -0.39 is 0 Å². The molecule has 3 rings (SSSR count). The van der Waals surface area contributed by atoms with Crippen LogP contribution in [0.2, 0.25) is 0 Å². The van der Waals surface area contributed by atoms with E-state index in [0.29, 0.717) is 18.3 Å². The van der Waals surface area contributed by atoms with Crippen LogP contribution in [0.1, 0.15) is 25.0 Å². The van der Waals surface area contributed by atoms with Gasteiger partial charge in [0.15, 0.2) is 0 Å². The molecule has 1 heterocycles. The Kier molecular flexibility index (Phi) is 9.80. The zero-order valence-corrected chi connectivity index (χ0v) is 18.1. The second-order valence-corrected chi connectivity index (χ2v) is 7.65. The first-order valence-electron chi connectivity index (χ1n) is 9.41. The molecular weight excluding hydrogens is 393 g/mol.